The Bertz CT molecular complexity index is 466. The molecule has 4 atom stereocenters. The zero-order chi connectivity index (χ0) is 18.2. The van der Waals surface area contributed by atoms with E-state index in [1.807, 2.05) is 20.8 Å². The average Bonchev–Trinajstić information content (AvgIpc) is 3.09. The van der Waals surface area contributed by atoms with E-state index in [0.29, 0.717) is 23.9 Å². The molecule has 144 valence electrons. The minimum Gasteiger partial charge on any atom is -0.444 e. The third kappa shape index (κ3) is 4.68. The number of alkyl carbamates (subject to hydrolysis) is 1. The third-order valence-corrected chi connectivity index (χ3v) is 6.38. The van der Waals surface area contributed by atoms with Crippen molar-refractivity contribution in [2.75, 3.05) is 32.7 Å². The average molecular weight is 352 g/mol. The SMILES string of the molecule is CC(C)N1CCN(CC2C(NC(=O)OC(C)(C)C)C3CC[C@@H]2C3)CC1. The Labute approximate surface area is 153 Å². The second-order valence-corrected chi connectivity index (χ2v) is 9.60. The molecule has 25 heavy (non-hydrogen) atoms. The van der Waals surface area contributed by atoms with Crippen LogP contribution >= 0.6 is 0 Å². The summed E-state index contributed by atoms with van der Waals surface area (Å²) in [6, 6.07) is 0.947. The van der Waals surface area contributed by atoms with Gasteiger partial charge in [0, 0.05) is 44.8 Å². The first kappa shape index (κ1) is 19.0. The van der Waals surface area contributed by atoms with Gasteiger partial charge in [0.2, 0.25) is 0 Å². The third-order valence-electron chi connectivity index (χ3n) is 6.38. The number of carbonyl (C=O) groups excluding carboxylic acids is 1. The summed E-state index contributed by atoms with van der Waals surface area (Å²) < 4.78 is 5.52. The zero-order valence-electron chi connectivity index (χ0n) is 16.8. The highest BCUT2D eigenvalue weighted by atomic mass is 16.6. The Morgan fingerprint density at radius 1 is 1.12 bits per heavy atom. The van der Waals surface area contributed by atoms with E-state index in [1.54, 1.807) is 0 Å². The Morgan fingerprint density at radius 3 is 2.36 bits per heavy atom. The van der Waals surface area contributed by atoms with Gasteiger partial charge in [-0.05, 0) is 71.6 Å². The van der Waals surface area contributed by atoms with Gasteiger partial charge < -0.3 is 15.0 Å². The Kier molecular flexibility index (Phi) is 5.64. The molecule has 5 heteroatoms. The van der Waals surface area contributed by atoms with Gasteiger partial charge in [0.15, 0.2) is 0 Å². The lowest BCUT2D eigenvalue weighted by molar-refractivity contribution is 0.0421. The monoisotopic (exact) mass is 351 g/mol. The van der Waals surface area contributed by atoms with Crippen LogP contribution in [-0.2, 0) is 4.74 Å². The number of carbonyl (C=O) groups is 1. The van der Waals surface area contributed by atoms with Crippen molar-refractivity contribution >= 4 is 6.09 Å². The number of piperazine rings is 1. The van der Waals surface area contributed by atoms with Crippen LogP contribution < -0.4 is 5.32 Å². The number of nitrogens with one attached hydrogen (secondary N) is 1. The first-order valence-electron chi connectivity index (χ1n) is 10.2. The number of hydrogen-bond donors (Lipinski definition) is 1. The second-order valence-electron chi connectivity index (χ2n) is 9.60. The van der Waals surface area contributed by atoms with Crippen molar-refractivity contribution < 1.29 is 9.53 Å². The van der Waals surface area contributed by atoms with E-state index in [0.717, 1.165) is 25.6 Å². The smallest absolute Gasteiger partial charge is 0.407 e. The lowest BCUT2D eigenvalue weighted by Gasteiger charge is -2.41. The minimum absolute atomic E-state index is 0.236. The van der Waals surface area contributed by atoms with E-state index >= 15 is 0 Å². The predicted molar refractivity (Wildman–Crippen MR) is 101 cm³/mol. The second kappa shape index (κ2) is 7.43. The molecule has 1 saturated heterocycles. The number of rotatable bonds is 4. The summed E-state index contributed by atoms with van der Waals surface area (Å²) >= 11 is 0. The lowest BCUT2D eigenvalue weighted by Crippen LogP contribution is -2.53. The fourth-order valence-electron chi connectivity index (χ4n) is 5.10. The van der Waals surface area contributed by atoms with Crippen LogP contribution in [0.5, 0.6) is 0 Å². The normalized spacial score (nSPS) is 33.8. The fraction of sp³-hybridized carbons (Fsp3) is 0.950. The first-order valence-corrected chi connectivity index (χ1v) is 10.2. The van der Waals surface area contributed by atoms with Gasteiger partial charge in [-0.1, -0.05) is 0 Å². The molecule has 2 saturated carbocycles. The lowest BCUT2D eigenvalue weighted by atomic mass is 9.84. The molecule has 0 spiro atoms. The number of amides is 1. The van der Waals surface area contributed by atoms with Gasteiger partial charge in [-0.2, -0.15) is 0 Å². The first-order chi connectivity index (χ1) is 11.7. The molecule has 2 aliphatic carbocycles. The number of fused-ring (bicyclic) bond motifs is 2. The Morgan fingerprint density at radius 2 is 1.76 bits per heavy atom. The molecule has 2 bridgehead atoms. The number of ether oxygens (including phenoxy) is 1. The summed E-state index contributed by atoms with van der Waals surface area (Å²) in [4.78, 5) is 17.5. The standard InChI is InChI=1S/C20H37N3O2/c1-14(2)23-10-8-22(9-11-23)13-17-15-6-7-16(12-15)18(17)21-19(24)25-20(3,4)5/h14-18H,6-13H2,1-5H3,(H,21,24)/t15-,16?,17?,18?/m1/s1. The van der Waals surface area contributed by atoms with Crippen molar-refractivity contribution in [1.29, 1.82) is 0 Å². The van der Waals surface area contributed by atoms with Crippen molar-refractivity contribution in [3.63, 3.8) is 0 Å². The highest BCUT2D eigenvalue weighted by Gasteiger charge is 2.48. The van der Waals surface area contributed by atoms with Gasteiger partial charge in [0.1, 0.15) is 5.60 Å². The molecule has 1 N–H and O–H groups in total. The van der Waals surface area contributed by atoms with Gasteiger partial charge in [-0.15, -0.1) is 0 Å². The van der Waals surface area contributed by atoms with Crippen LogP contribution in [0.25, 0.3) is 0 Å². The summed E-state index contributed by atoms with van der Waals surface area (Å²) in [5.74, 6) is 2.03. The predicted octanol–water partition coefficient (Wildman–Crippen LogP) is 2.95. The van der Waals surface area contributed by atoms with E-state index in [-0.39, 0.29) is 6.09 Å². The van der Waals surface area contributed by atoms with Crippen LogP contribution in [0, 0.1) is 17.8 Å². The van der Waals surface area contributed by atoms with E-state index < -0.39 is 5.60 Å². The van der Waals surface area contributed by atoms with Crippen LogP contribution in [0.2, 0.25) is 0 Å². The molecule has 0 radical (unpaired) electrons. The maximum atomic E-state index is 12.3. The zero-order valence-corrected chi connectivity index (χ0v) is 16.8. The number of nitrogens with zero attached hydrogens (tertiary/aromatic N) is 2. The van der Waals surface area contributed by atoms with Gasteiger partial charge >= 0.3 is 6.09 Å². The summed E-state index contributed by atoms with van der Waals surface area (Å²) in [5.41, 5.74) is -0.426. The van der Waals surface area contributed by atoms with E-state index in [2.05, 4.69) is 29.0 Å². The van der Waals surface area contributed by atoms with Crippen molar-refractivity contribution in [2.24, 2.45) is 17.8 Å². The van der Waals surface area contributed by atoms with Crippen LogP contribution in [0.3, 0.4) is 0 Å². The molecule has 0 aromatic carbocycles. The molecule has 0 aromatic rings. The molecule has 1 heterocycles. The quantitative estimate of drug-likeness (QED) is 0.846. The fourth-order valence-corrected chi connectivity index (χ4v) is 5.10. The maximum absolute atomic E-state index is 12.3. The Balaban J connectivity index is 1.55. The van der Waals surface area contributed by atoms with Crippen molar-refractivity contribution in [3.05, 3.63) is 0 Å². The molecule has 3 aliphatic rings. The summed E-state index contributed by atoms with van der Waals surface area (Å²) in [6.07, 6.45) is 3.66. The van der Waals surface area contributed by atoms with Gasteiger partial charge in [-0.3, -0.25) is 4.90 Å². The molecular formula is C20H37N3O2. The van der Waals surface area contributed by atoms with Crippen molar-refractivity contribution in [1.82, 2.24) is 15.1 Å². The topological polar surface area (TPSA) is 44.8 Å². The van der Waals surface area contributed by atoms with Gasteiger partial charge in [0.05, 0.1) is 0 Å². The summed E-state index contributed by atoms with van der Waals surface area (Å²) in [7, 11) is 0. The molecule has 5 nitrogen and oxygen atoms in total. The van der Waals surface area contributed by atoms with E-state index in [4.69, 9.17) is 4.74 Å². The molecule has 1 aliphatic heterocycles. The van der Waals surface area contributed by atoms with Gasteiger partial charge in [0.25, 0.3) is 0 Å². The van der Waals surface area contributed by atoms with Crippen molar-refractivity contribution in [3.8, 4) is 0 Å². The van der Waals surface area contributed by atoms with Gasteiger partial charge in [-0.25, -0.2) is 4.79 Å². The summed E-state index contributed by atoms with van der Waals surface area (Å²) in [5, 5.41) is 3.24. The summed E-state index contributed by atoms with van der Waals surface area (Å²) in [6.45, 7) is 16.1. The highest BCUT2D eigenvalue weighted by molar-refractivity contribution is 5.68. The molecule has 0 aromatic heterocycles. The van der Waals surface area contributed by atoms with Crippen LogP contribution in [0.4, 0.5) is 4.79 Å². The van der Waals surface area contributed by atoms with Crippen molar-refractivity contribution in [2.45, 2.75) is 71.6 Å². The highest BCUT2D eigenvalue weighted by Crippen LogP contribution is 2.48. The molecule has 3 unspecified atom stereocenters. The van der Waals surface area contributed by atoms with Crippen LogP contribution in [0.15, 0.2) is 0 Å². The minimum atomic E-state index is -0.426. The number of hydrogen-bond acceptors (Lipinski definition) is 4. The van der Waals surface area contributed by atoms with Crippen LogP contribution in [0.1, 0.15) is 53.9 Å². The van der Waals surface area contributed by atoms with E-state index in [1.165, 1.54) is 32.4 Å². The molecule has 3 fully saturated rings. The Hall–Kier alpha value is -0.810. The molecular weight excluding hydrogens is 314 g/mol. The largest absolute Gasteiger partial charge is 0.444 e. The van der Waals surface area contributed by atoms with E-state index in [9.17, 15) is 4.79 Å². The molecule has 1 amide bonds. The molecule has 3 rings (SSSR count). The maximum Gasteiger partial charge on any atom is 0.407 e. The van der Waals surface area contributed by atoms with Crippen LogP contribution in [-0.4, -0.2) is 66.3 Å².